The average molecular weight is 262 g/mol. The number of hydrogen-bond acceptors (Lipinski definition) is 5. The van der Waals surface area contributed by atoms with E-state index in [1.807, 2.05) is 17.6 Å². The van der Waals surface area contributed by atoms with Crippen LogP contribution in [0, 0.1) is 0 Å². The second kappa shape index (κ2) is 5.92. The van der Waals surface area contributed by atoms with Crippen molar-refractivity contribution >= 4 is 5.91 Å². The van der Waals surface area contributed by atoms with Crippen molar-refractivity contribution < 1.29 is 18.7 Å². The minimum Gasteiger partial charge on any atom is -0.497 e. The highest BCUT2D eigenvalue weighted by Crippen LogP contribution is 2.20. The number of nitrogen functional groups attached to an aromatic ring is 1. The van der Waals surface area contributed by atoms with E-state index in [-0.39, 0.29) is 6.61 Å². The molecule has 1 amide bonds. The van der Waals surface area contributed by atoms with Gasteiger partial charge < -0.3 is 13.9 Å². The van der Waals surface area contributed by atoms with Gasteiger partial charge in [-0.2, -0.15) is 0 Å². The largest absolute Gasteiger partial charge is 0.497 e. The predicted octanol–water partition coefficient (Wildman–Crippen LogP) is 1.47. The highest BCUT2D eigenvalue weighted by Gasteiger charge is 2.09. The summed E-state index contributed by atoms with van der Waals surface area (Å²) in [7, 11) is 1.59. The zero-order valence-corrected chi connectivity index (χ0v) is 10.4. The number of carbonyl (C=O) groups excluding carboxylic acids is 1. The lowest BCUT2D eigenvalue weighted by Gasteiger charge is -2.05. The summed E-state index contributed by atoms with van der Waals surface area (Å²) in [5, 5.41) is 0. The lowest BCUT2D eigenvalue weighted by Crippen LogP contribution is -2.29. The molecule has 6 heteroatoms. The van der Waals surface area contributed by atoms with Gasteiger partial charge in [0.05, 0.1) is 12.7 Å². The molecule has 0 unspecified atom stereocenters. The van der Waals surface area contributed by atoms with Crippen LogP contribution in [0.4, 0.5) is 0 Å². The zero-order valence-electron chi connectivity index (χ0n) is 10.4. The van der Waals surface area contributed by atoms with Crippen LogP contribution < -0.4 is 20.7 Å². The van der Waals surface area contributed by atoms with Gasteiger partial charge in [-0.1, -0.05) is 6.07 Å². The predicted molar refractivity (Wildman–Crippen MR) is 67.7 cm³/mol. The number of benzene rings is 1. The Morgan fingerprint density at radius 1 is 1.37 bits per heavy atom. The van der Waals surface area contributed by atoms with Gasteiger partial charge in [0.1, 0.15) is 30.1 Å². The van der Waals surface area contributed by atoms with Gasteiger partial charge in [0.25, 0.3) is 5.91 Å². The lowest BCUT2D eigenvalue weighted by molar-refractivity contribution is 0.0953. The molecule has 0 saturated carbocycles. The number of nitrogens with one attached hydrogen (secondary N) is 1. The van der Waals surface area contributed by atoms with Crippen LogP contribution in [0.25, 0.3) is 0 Å². The normalized spacial score (nSPS) is 10.0. The summed E-state index contributed by atoms with van der Waals surface area (Å²) in [5.41, 5.74) is 2.38. The molecule has 1 aromatic heterocycles. The molecule has 0 saturated heterocycles. The molecule has 0 aliphatic carbocycles. The Morgan fingerprint density at radius 2 is 2.16 bits per heavy atom. The van der Waals surface area contributed by atoms with Gasteiger partial charge >= 0.3 is 0 Å². The summed E-state index contributed by atoms with van der Waals surface area (Å²) in [6.07, 6.45) is 1.33. The molecule has 2 aromatic rings. The fourth-order valence-corrected chi connectivity index (χ4v) is 1.50. The molecule has 100 valence electrons. The molecule has 19 heavy (non-hydrogen) atoms. The second-order valence-corrected chi connectivity index (χ2v) is 3.74. The van der Waals surface area contributed by atoms with Crippen molar-refractivity contribution in [3.63, 3.8) is 0 Å². The van der Waals surface area contributed by atoms with E-state index in [1.54, 1.807) is 25.3 Å². The number of furan rings is 1. The molecule has 0 aliphatic rings. The quantitative estimate of drug-likeness (QED) is 0.484. The number of hydrazine groups is 1. The Labute approximate surface area is 110 Å². The monoisotopic (exact) mass is 262 g/mol. The van der Waals surface area contributed by atoms with Crippen LogP contribution in [-0.4, -0.2) is 13.0 Å². The Morgan fingerprint density at radius 3 is 2.89 bits per heavy atom. The topological polar surface area (TPSA) is 86.7 Å². The molecular weight excluding hydrogens is 248 g/mol. The molecule has 0 fully saturated rings. The Bertz CT molecular complexity index is 565. The lowest BCUT2D eigenvalue weighted by atomic mass is 10.3. The van der Waals surface area contributed by atoms with Gasteiger partial charge in [-0.3, -0.25) is 10.2 Å². The van der Waals surface area contributed by atoms with Crippen LogP contribution in [0.5, 0.6) is 11.5 Å². The number of methoxy groups -OCH3 is 1. The first-order chi connectivity index (χ1) is 9.22. The third kappa shape index (κ3) is 3.26. The standard InChI is InChI=1S/C13H14N2O4/c1-17-10-3-2-4-11(6-10)19-8-12-5-9(7-18-12)13(16)15-14/h2-7H,8,14H2,1H3,(H,15,16). The van der Waals surface area contributed by atoms with E-state index >= 15 is 0 Å². The second-order valence-electron chi connectivity index (χ2n) is 3.74. The number of amides is 1. The number of carbonyl (C=O) groups is 1. The molecule has 1 aromatic carbocycles. The van der Waals surface area contributed by atoms with Crippen molar-refractivity contribution in [2.24, 2.45) is 5.84 Å². The number of hydrogen-bond donors (Lipinski definition) is 2. The minimum atomic E-state index is -0.406. The van der Waals surface area contributed by atoms with E-state index in [9.17, 15) is 4.79 Å². The van der Waals surface area contributed by atoms with E-state index in [2.05, 4.69) is 0 Å². The fourth-order valence-electron chi connectivity index (χ4n) is 1.50. The van der Waals surface area contributed by atoms with Gasteiger partial charge in [0.2, 0.25) is 0 Å². The number of nitrogens with two attached hydrogens (primary N) is 1. The van der Waals surface area contributed by atoms with E-state index < -0.39 is 5.91 Å². The number of ether oxygens (including phenoxy) is 2. The molecular formula is C13H14N2O4. The summed E-state index contributed by atoms with van der Waals surface area (Å²) in [5.74, 6) is 6.51. The summed E-state index contributed by atoms with van der Waals surface area (Å²) >= 11 is 0. The average Bonchev–Trinajstić information content (AvgIpc) is 2.93. The maximum absolute atomic E-state index is 11.2. The first-order valence-electron chi connectivity index (χ1n) is 5.58. The first-order valence-corrected chi connectivity index (χ1v) is 5.58. The van der Waals surface area contributed by atoms with Crippen molar-refractivity contribution in [2.75, 3.05) is 7.11 Å². The summed E-state index contributed by atoms with van der Waals surface area (Å²) in [6.45, 7) is 0.213. The molecule has 0 spiro atoms. The summed E-state index contributed by atoms with van der Waals surface area (Å²) in [4.78, 5) is 11.2. The van der Waals surface area contributed by atoms with Crippen molar-refractivity contribution in [1.29, 1.82) is 0 Å². The van der Waals surface area contributed by atoms with Gasteiger partial charge in [-0.15, -0.1) is 0 Å². The van der Waals surface area contributed by atoms with E-state index in [1.165, 1.54) is 6.26 Å². The Hall–Kier alpha value is -2.47. The van der Waals surface area contributed by atoms with Gasteiger partial charge in [-0.05, 0) is 18.2 Å². The maximum atomic E-state index is 11.2. The maximum Gasteiger partial charge on any atom is 0.268 e. The van der Waals surface area contributed by atoms with Gasteiger partial charge in [-0.25, -0.2) is 5.84 Å². The highest BCUT2D eigenvalue weighted by molar-refractivity contribution is 5.93. The summed E-state index contributed by atoms with van der Waals surface area (Å²) < 4.78 is 15.8. The van der Waals surface area contributed by atoms with Crippen LogP contribution in [0.2, 0.25) is 0 Å². The van der Waals surface area contributed by atoms with Crippen LogP contribution in [0.15, 0.2) is 41.0 Å². The molecule has 0 radical (unpaired) electrons. The van der Waals surface area contributed by atoms with Gasteiger partial charge in [0, 0.05) is 6.07 Å². The molecule has 1 heterocycles. The third-order valence-corrected chi connectivity index (χ3v) is 2.47. The van der Waals surface area contributed by atoms with Crippen molar-refractivity contribution in [2.45, 2.75) is 6.61 Å². The molecule has 0 aliphatic heterocycles. The van der Waals surface area contributed by atoms with Gasteiger partial charge in [0.15, 0.2) is 0 Å². The summed E-state index contributed by atoms with van der Waals surface area (Å²) in [6, 6.07) is 8.78. The number of rotatable bonds is 5. The molecule has 0 atom stereocenters. The Kier molecular flexibility index (Phi) is 4.04. The highest BCUT2D eigenvalue weighted by atomic mass is 16.5. The first kappa shape index (κ1) is 13.0. The molecule has 2 rings (SSSR count). The fraction of sp³-hybridized carbons (Fsp3) is 0.154. The van der Waals surface area contributed by atoms with E-state index in [4.69, 9.17) is 19.7 Å². The van der Waals surface area contributed by atoms with Crippen LogP contribution in [-0.2, 0) is 6.61 Å². The van der Waals surface area contributed by atoms with Crippen LogP contribution >= 0.6 is 0 Å². The van der Waals surface area contributed by atoms with Crippen molar-refractivity contribution in [1.82, 2.24) is 5.43 Å². The smallest absolute Gasteiger partial charge is 0.268 e. The molecule has 3 N–H and O–H groups in total. The molecule has 6 nitrogen and oxygen atoms in total. The molecule has 0 bridgehead atoms. The van der Waals surface area contributed by atoms with Crippen LogP contribution in [0.1, 0.15) is 16.1 Å². The minimum absolute atomic E-state index is 0.213. The van der Waals surface area contributed by atoms with E-state index in [0.29, 0.717) is 22.8 Å². The van der Waals surface area contributed by atoms with Crippen molar-refractivity contribution in [3.05, 3.63) is 47.9 Å². The van der Waals surface area contributed by atoms with Crippen molar-refractivity contribution in [3.8, 4) is 11.5 Å². The SMILES string of the molecule is COc1cccc(OCc2cc(C(=O)NN)co2)c1. The Balaban J connectivity index is 1.98. The third-order valence-electron chi connectivity index (χ3n) is 2.47. The van der Waals surface area contributed by atoms with Crippen LogP contribution in [0.3, 0.4) is 0 Å². The zero-order chi connectivity index (χ0) is 13.7. The van der Waals surface area contributed by atoms with E-state index in [0.717, 1.165) is 0 Å².